The van der Waals surface area contributed by atoms with Crippen LogP contribution in [0.5, 0.6) is 0 Å². The van der Waals surface area contributed by atoms with E-state index in [-0.39, 0.29) is 12.3 Å². The lowest BCUT2D eigenvalue weighted by Gasteiger charge is -2.16. The van der Waals surface area contributed by atoms with Crippen LogP contribution in [0.2, 0.25) is 0 Å². The van der Waals surface area contributed by atoms with Crippen molar-refractivity contribution in [3.05, 3.63) is 59.7 Å². The Kier molecular flexibility index (Phi) is 5.99. The molecule has 8 heteroatoms. The van der Waals surface area contributed by atoms with Gasteiger partial charge < -0.3 is 4.74 Å². The lowest BCUT2D eigenvalue weighted by molar-refractivity contribution is 0.0526. The van der Waals surface area contributed by atoms with Gasteiger partial charge in [-0.3, -0.25) is 0 Å². The van der Waals surface area contributed by atoms with Crippen molar-refractivity contribution < 1.29 is 17.9 Å². The van der Waals surface area contributed by atoms with Gasteiger partial charge in [-0.05, 0) is 30.7 Å². The monoisotopic (exact) mass is 349 g/mol. The summed E-state index contributed by atoms with van der Waals surface area (Å²) in [7, 11) is -2.03. The van der Waals surface area contributed by atoms with Crippen LogP contribution in [0.3, 0.4) is 0 Å². The van der Waals surface area contributed by atoms with Gasteiger partial charge in [0.15, 0.2) is 0 Å². The highest BCUT2D eigenvalue weighted by atomic mass is 32.2. The van der Waals surface area contributed by atoms with E-state index in [2.05, 4.69) is 9.97 Å². The molecule has 0 aliphatic rings. The maximum Gasteiger partial charge on any atom is 0.338 e. The maximum atomic E-state index is 12.4. The second-order valence-electron chi connectivity index (χ2n) is 5.09. The topological polar surface area (TPSA) is 89.5 Å². The molecule has 1 aromatic heterocycles. The van der Waals surface area contributed by atoms with Gasteiger partial charge in [-0.1, -0.05) is 12.1 Å². The first kappa shape index (κ1) is 18.0. The number of hydrogen-bond acceptors (Lipinski definition) is 6. The van der Waals surface area contributed by atoms with E-state index in [1.807, 2.05) is 0 Å². The largest absolute Gasteiger partial charge is 0.462 e. The van der Waals surface area contributed by atoms with Crippen molar-refractivity contribution in [3.63, 3.8) is 0 Å². The molecule has 7 nitrogen and oxygen atoms in total. The highest BCUT2D eigenvalue weighted by molar-refractivity contribution is 7.88. The van der Waals surface area contributed by atoms with Crippen molar-refractivity contribution >= 4 is 16.0 Å². The van der Waals surface area contributed by atoms with E-state index in [0.29, 0.717) is 23.6 Å². The van der Waals surface area contributed by atoms with Gasteiger partial charge in [0.05, 0.1) is 24.5 Å². The second kappa shape index (κ2) is 7.98. The number of carbonyl (C=O) groups is 1. The Morgan fingerprint density at radius 1 is 1.17 bits per heavy atom. The second-order valence-corrected chi connectivity index (χ2v) is 7.17. The molecule has 0 fully saturated rings. The molecule has 1 aromatic carbocycles. The lowest BCUT2D eigenvalue weighted by Crippen LogP contribution is -2.28. The minimum Gasteiger partial charge on any atom is -0.462 e. The summed E-state index contributed by atoms with van der Waals surface area (Å²) in [4.78, 5) is 19.6. The smallest absolute Gasteiger partial charge is 0.338 e. The molecule has 0 aliphatic heterocycles. The van der Waals surface area contributed by atoms with Gasteiger partial charge in [0.1, 0.15) is 5.82 Å². The average molecular weight is 349 g/mol. The SMILES string of the molecule is CCOC(=O)c1ccc(CS(=O)(=O)N(C)Cc2ncccn2)cc1. The van der Waals surface area contributed by atoms with Crippen molar-refractivity contribution in [2.45, 2.75) is 19.2 Å². The summed E-state index contributed by atoms with van der Waals surface area (Å²) in [6, 6.07) is 8.00. The number of nitrogens with zero attached hydrogens (tertiary/aromatic N) is 3. The lowest BCUT2D eigenvalue weighted by atomic mass is 10.1. The van der Waals surface area contributed by atoms with Gasteiger partial charge in [-0.15, -0.1) is 0 Å². The third-order valence-corrected chi connectivity index (χ3v) is 5.05. The van der Waals surface area contributed by atoms with Gasteiger partial charge in [0.25, 0.3) is 0 Å². The van der Waals surface area contributed by atoms with E-state index in [9.17, 15) is 13.2 Å². The summed E-state index contributed by atoms with van der Waals surface area (Å²) in [5, 5.41) is 0. The van der Waals surface area contributed by atoms with Crippen LogP contribution in [0.1, 0.15) is 28.7 Å². The summed E-state index contributed by atoms with van der Waals surface area (Å²) in [6.07, 6.45) is 3.13. The molecular weight excluding hydrogens is 330 g/mol. The number of aromatic nitrogens is 2. The van der Waals surface area contributed by atoms with E-state index in [0.717, 1.165) is 0 Å². The van der Waals surface area contributed by atoms with Crippen molar-refractivity contribution in [3.8, 4) is 0 Å². The molecule has 0 bridgehead atoms. The van der Waals surface area contributed by atoms with Gasteiger partial charge >= 0.3 is 5.97 Å². The Morgan fingerprint density at radius 3 is 2.38 bits per heavy atom. The predicted octanol–water partition coefficient (Wildman–Crippen LogP) is 1.62. The van der Waals surface area contributed by atoms with Gasteiger partial charge in [-0.25, -0.2) is 23.2 Å². The number of hydrogen-bond donors (Lipinski definition) is 0. The van der Waals surface area contributed by atoms with Gasteiger partial charge in [-0.2, -0.15) is 4.31 Å². The molecule has 128 valence electrons. The van der Waals surface area contributed by atoms with Crippen LogP contribution in [-0.4, -0.2) is 42.3 Å². The summed E-state index contributed by atoms with van der Waals surface area (Å²) in [5.74, 6) is -0.161. The zero-order valence-corrected chi connectivity index (χ0v) is 14.4. The number of carbonyl (C=O) groups excluding carboxylic acids is 1. The molecule has 0 amide bonds. The molecule has 24 heavy (non-hydrogen) atoms. The van der Waals surface area contributed by atoms with Gasteiger partial charge in [0.2, 0.25) is 10.0 Å². The van der Waals surface area contributed by atoms with Crippen LogP contribution in [0.4, 0.5) is 0 Å². The predicted molar refractivity (Wildman–Crippen MR) is 88.5 cm³/mol. The molecule has 0 spiro atoms. The number of ether oxygens (including phenoxy) is 1. The summed E-state index contributed by atoms with van der Waals surface area (Å²) in [6.45, 7) is 2.12. The first-order valence-electron chi connectivity index (χ1n) is 7.38. The quantitative estimate of drug-likeness (QED) is 0.706. The maximum absolute atomic E-state index is 12.4. The summed E-state index contributed by atoms with van der Waals surface area (Å²) in [5.41, 5.74) is 0.980. The van der Waals surface area contributed by atoms with Crippen LogP contribution in [0.25, 0.3) is 0 Å². The molecule has 0 radical (unpaired) electrons. The van der Waals surface area contributed by atoms with E-state index in [1.54, 1.807) is 49.6 Å². The standard InChI is InChI=1S/C16H19N3O4S/c1-3-23-16(20)14-7-5-13(6-8-14)12-24(21,22)19(2)11-15-17-9-4-10-18-15/h4-10H,3,11-12H2,1-2H3. The minimum absolute atomic E-state index is 0.101. The Bertz CT molecular complexity index is 777. The molecular formula is C16H19N3O4S. The first-order chi connectivity index (χ1) is 11.4. The molecule has 0 atom stereocenters. The number of rotatable bonds is 7. The van der Waals surface area contributed by atoms with E-state index in [1.165, 1.54) is 11.4 Å². The van der Waals surface area contributed by atoms with Crippen molar-refractivity contribution in [1.29, 1.82) is 0 Å². The molecule has 0 N–H and O–H groups in total. The number of sulfonamides is 1. The minimum atomic E-state index is -3.52. The molecule has 2 rings (SSSR count). The van der Waals surface area contributed by atoms with Crippen LogP contribution < -0.4 is 0 Å². The van der Waals surface area contributed by atoms with Crippen LogP contribution in [0, 0.1) is 0 Å². The third kappa shape index (κ3) is 4.84. The van der Waals surface area contributed by atoms with Gasteiger partial charge in [0, 0.05) is 19.4 Å². The molecule has 0 saturated heterocycles. The van der Waals surface area contributed by atoms with Crippen LogP contribution in [0.15, 0.2) is 42.7 Å². The average Bonchev–Trinajstić information content (AvgIpc) is 2.56. The van der Waals surface area contributed by atoms with Crippen LogP contribution >= 0.6 is 0 Å². The Balaban J connectivity index is 2.04. The van der Waals surface area contributed by atoms with Crippen molar-refractivity contribution in [1.82, 2.24) is 14.3 Å². The number of esters is 1. The van der Waals surface area contributed by atoms with E-state index in [4.69, 9.17) is 4.74 Å². The summed E-state index contributed by atoms with van der Waals surface area (Å²) >= 11 is 0. The zero-order valence-electron chi connectivity index (χ0n) is 13.5. The highest BCUT2D eigenvalue weighted by Crippen LogP contribution is 2.13. The molecule has 1 heterocycles. The Labute approximate surface area is 141 Å². The van der Waals surface area contributed by atoms with E-state index >= 15 is 0 Å². The Hall–Kier alpha value is -2.32. The number of benzene rings is 1. The third-order valence-electron chi connectivity index (χ3n) is 3.27. The first-order valence-corrected chi connectivity index (χ1v) is 8.99. The highest BCUT2D eigenvalue weighted by Gasteiger charge is 2.20. The molecule has 0 aliphatic carbocycles. The normalized spacial score (nSPS) is 11.5. The summed E-state index contributed by atoms with van der Waals surface area (Å²) < 4.78 is 30.9. The van der Waals surface area contributed by atoms with Crippen molar-refractivity contribution in [2.24, 2.45) is 0 Å². The molecule has 0 saturated carbocycles. The van der Waals surface area contributed by atoms with Crippen molar-refractivity contribution in [2.75, 3.05) is 13.7 Å². The fraction of sp³-hybridized carbons (Fsp3) is 0.312. The Morgan fingerprint density at radius 2 is 1.79 bits per heavy atom. The fourth-order valence-corrected chi connectivity index (χ4v) is 3.13. The van der Waals surface area contributed by atoms with E-state index < -0.39 is 16.0 Å². The van der Waals surface area contributed by atoms with Crippen LogP contribution in [-0.2, 0) is 27.1 Å². The zero-order chi connectivity index (χ0) is 17.6. The molecule has 0 unspecified atom stereocenters. The molecule has 2 aromatic rings. The fourth-order valence-electron chi connectivity index (χ4n) is 1.98.